The number of rotatable bonds is 7. The van der Waals surface area contributed by atoms with Crippen molar-refractivity contribution in [3.05, 3.63) is 124 Å². The van der Waals surface area contributed by atoms with Crippen LogP contribution in [0.2, 0.25) is 0 Å². The highest BCUT2D eigenvalue weighted by Crippen LogP contribution is 2.32. The molecule has 4 aromatic rings. The van der Waals surface area contributed by atoms with Crippen LogP contribution in [0.3, 0.4) is 0 Å². The second-order valence-corrected chi connectivity index (χ2v) is 9.40. The predicted molar refractivity (Wildman–Crippen MR) is 152 cm³/mol. The fourth-order valence-corrected chi connectivity index (χ4v) is 4.32. The third-order valence-corrected chi connectivity index (χ3v) is 6.47. The lowest BCUT2D eigenvalue weighted by molar-refractivity contribution is -0.120. The number of halogens is 1. The van der Waals surface area contributed by atoms with Crippen LogP contribution in [0.15, 0.2) is 108 Å². The minimum atomic E-state index is -0.605. The van der Waals surface area contributed by atoms with Crippen LogP contribution in [0.5, 0.6) is 11.5 Å². The van der Waals surface area contributed by atoms with E-state index in [0.29, 0.717) is 34.1 Å². The lowest BCUT2D eigenvalue weighted by Gasteiger charge is -2.18. The number of nitrogens with zero attached hydrogens (tertiary/aromatic N) is 1. The van der Waals surface area contributed by atoms with E-state index < -0.39 is 11.8 Å². The summed E-state index contributed by atoms with van der Waals surface area (Å²) >= 11 is 6.30. The Morgan fingerprint density at radius 3 is 2.23 bits per heavy atom. The molecule has 7 nitrogen and oxygen atoms in total. The number of carbonyl (C=O) groups is 3. The lowest BCUT2D eigenvalue weighted by Crippen LogP contribution is -2.33. The SMILES string of the molecule is Cc1ccc(C)c(N2C(=O)C(Cl)=C(Nc3cccc(C(=O)Nc4ccc(Oc5ccccc5)cc4)c3)C2=O)c1. The monoisotopic (exact) mass is 537 g/mol. The van der Waals surface area contributed by atoms with Gasteiger partial charge >= 0.3 is 0 Å². The van der Waals surface area contributed by atoms with Gasteiger partial charge < -0.3 is 15.4 Å². The van der Waals surface area contributed by atoms with Gasteiger partial charge in [-0.25, -0.2) is 4.90 Å². The number of hydrogen-bond acceptors (Lipinski definition) is 5. The summed E-state index contributed by atoms with van der Waals surface area (Å²) in [4.78, 5) is 40.1. The standard InChI is InChI=1S/C31H24ClN3O4/c1-19-11-12-20(2)26(17-19)35-30(37)27(32)28(31(35)38)33-23-8-6-7-21(18-23)29(36)34-22-13-15-25(16-14-22)39-24-9-4-3-5-10-24/h3-18,33H,1-2H3,(H,34,36). The molecule has 0 spiro atoms. The number of imide groups is 1. The number of benzene rings is 4. The van der Waals surface area contributed by atoms with E-state index in [2.05, 4.69) is 10.6 Å². The molecule has 0 atom stereocenters. The van der Waals surface area contributed by atoms with Crippen LogP contribution in [-0.4, -0.2) is 17.7 Å². The summed E-state index contributed by atoms with van der Waals surface area (Å²) in [7, 11) is 0. The van der Waals surface area contributed by atoms with Crippen LogP contribution >= 0.6 is 11.6 Å². The molecule has 3 amide bonds. The van der Waals surface area contributed by atoms with Crippen LogP contribution in [0.25, 0.3) is 0 Å². The van der Waals surface area contributed by atoms with Gasteiger partial charge in [0.15, 0.2) is 0 Å². The Balaban J connectivity index is 1.28. The molecule has 5 rings (SSSR count). The van der Waals surface area contributed by atoms with E-state index in [1.807, 2.05) is 56.3 Å². The van der Waals surface area contributed by atoms with Crippen molar-refractivity contribution >= 4 is 46.4 Å². The molecule has 0 saturated carbocycles. The zero-order chi connectivity index (χ0) is 27.5. The summed E-state index contributed by atoms with van der Waals surface area (Å²) in [5.41, 5.74) is 3.49. The highest BCUT2D eigenvalue weighted by atomic mass is 35.5. The second kappa shape index (κ2) is 10.8. The van der Waals surface area contributed by atoms with Crippen LogP contribution < -0.4 is 20.3 Å². The molecule has 0 saturated heterocycles. The summed E-state index contributed by atoms with van der Waals surface area (Å²) in [6.45, 7) is 3.70. The maximum atomic E-state index is 13.2. The van der Waals surface area contributed by atoms with E-state index in [9.17, 15) is 14.4 Å². The van der Waals surface area contributed by atoms with E-state index in [1.165, 1.54) is 0 Å². The van der Waals surface area contributed by atoms with Crippen LogP contribution in [0, 0.1) is 13.8 Å². The molecular weight excluding hydrogens is 514 g/mol. The zero-order valence-corrected chi connectivity index (χ0v) is 22.0. The van der Waals surface area contributed by atoms with Crippen molar-refractivity contribution in [2.24, 2.45) is 0 Å². The smallest absolute Gasteiger partial charge is 0.283 e. The van der Waals surface area contributed by atoms with Crippen molar-refractivity contribution < 1.29 is 19.1 Å². The molecule has 0 bridgehead atoms. The third kappa shape index (κ3) is 5.54. The number of anilines is 3. The number of ether oxygens (including phenoxy) is 1. The Hall–Kier alpha value is -4.88. The number of aryl methyl sites for hydroxylation is 2. The largest absolute Gasteiger partial charge is 0.457 e. The summed E-state index contributed by atoms with van der Waals surface area (Å²) in [6, 6.07) is 28.5. The number of carbonyl (C=O) groups excluding carboxylic acids is 3. The minimum absolute atomic E-state index is 0.0471. The van der Waals surface area contributed by atoms with Crippen molar-refractivity contribution in [2.45, 2.75) is 13.8 Å². The van der Waals surface area contributed by atoms with Gasteiger partial charge in [0.2, 0.25) is 0 Å². The minimum Gasteiger partial charge on any atom is -0.457 e. The first-order valence-corrected chi connectivity index (χ1v) is 12.5. The predicted octanol–water partition coefficient (Wildman–Crippen LogP) is 6.78. The van der Waals surface area contributed by atoms with Gasteiger partial charge in [0, 0.05) is 16.9 Å². The van der Waals surface area contributed by atoms with Gasteiger partial charge in [0.25, 0.3) is 17.7 Å². The first kappa shape index (κ1) is 25.8. The molecule has 194 valence electrons. The Labute approximate surface area is 230 Å². The highest BCUT2D eigenvalue weighted by molar-refractivity contribution is 6.53. The topological polar surface area (TPSA) is 87.7 Å². The number of para-hydroxylation sites is 1. The molecule has 2 N–H and O–H groups in total. The van der Waals surface area contributed by atoms with Gasteiger partial charge in [0.05, 0.1) is 5.69 Å². The molecule has 1 heterocycles. The highest BCUT2D eigenvalue weighted by Gasteiger charge is 2.39. The van der Waals surface area contributed by atoms with E-state index >= 15 is 0 Å². The molecule has 0 unspecified atom stereocenters. The van der Waals surface area contributed by atoms with E-state index in [4.69, 9.17) is 16.3 Å². The van der Waals surface area contributed by atoms with Gasteiger partial charge in [-0.3, -0.25) is 14.4 Å². The molecule has 0 aromatic heterocycles. The van der Waals surface area contributed by atoms with Crippen molar-refractivity contribution in [2.75, 3.05) is 15.5 Å². The van der Waals surface area contributed by atoms with Gasteiger partial charge in [0.1, 0.15) is 22.2 Å². The van der Waals surface area contributed by atoms with Gasteiger partial charge in [-0.05, 0) is 85.6 Å². The first-order chi connectivity index (χ1) is 18.8. The van der Waals surface area contributed by atoms with E-state index in [1.54, 1.807) is 54.6 Å². The Morgan fingerprint density at radius 1 is 0.769 bits per heavy atom. The fourth-order valence-electron chi connectivity index (χ4n) is 4.11. The molecule has 0 fully saturated rings. The molecule has 1 aliphatic heterocycles. The van der Waals surface area contributed by atoms with Gasteiger partial charge in [-0.15, -0.1) is 0 Å². The normalized spacial score (nSPS) is 13.1. The lowest BCUT2D eigenvalue weighted by atomic mass is 10.1. The average Bonchev–Trinajstić information content (AvgIpc) is 3.14. The van der Waals surface area contributed by atoms with Crippen molar-refractivity contribution in [3.8, 4) is 11.5 Å². The van der Waals surface area contributed by atoms with Crippen molar-refractivity contribution in [1.29, 1.82) is 0 Å². The van der Waals surface area contributed by atoms with Crippen molar-refractivity contribution in [1.82, 2.24) is 0 Å². The molecule has 8 heteroatoms. The fraction of sp³-hybridized carbons (Fsp3) is 0.0645. The van der Waals surface area contributed by atoms with Gasteiger partial charge in [-0.2, -0.15) is 0 Å². The van der Waals surface area contributed by atoms with Crippen molar-refractivity contribution in [3.63, 3.8) is 0 Å². The average molecular weight is 538 g/mol. The van der Waals surface area contributed by atoms with Crippen LogP contribution in [0.1, 0.15) is 21.5 Å². The van der Waals surface area contributed by atoms with Crippen LogP contribution in [-0.2, 0) is 9.59 Å². The zero-order valence-electron chi connectivity index (χ0n) is 21.2. The van der Waals surface area contributed by atoms with E-state index in [-0.39, 0.29) is 16.6 Å². The van der Waals surface area contributed by atoms with Gasteiger partial charge in [-0.1, -0.05) is 48.0 Å². The molecule has 0 aliphatic carbocycles. The summed E-state index contributed by atoms with van der Waals surface area (Å²) in [5.74, 6) is -0.159. The Bertz CT molecular complexity index is 1610. The maximum Gasteiger partial charge on any atom is 0.283 e. The maximum absolute atomic E-state index is 13.2. The third-order valence-electron chi connectivity index (χ3n) is 6.12. The molecule has 1 aliphatic rings. The Kier molecular flexibility index (Phi) is 7.17. The molecular formula is C31H24ClN3O4. The second-order valence-electron chi connectivity index (χ2n) is 9.02. The summed E-state index contributed by atoms with van der Waals surface area (Å²) < 4.78 is 5.78. The number of nitrogens with one attached hydrogen (secondary N) is 2. The Morgan fingerprint density at radius 2 is 1.49 bits per heavy atom. The summed E-state index contributed by atoms with van der Waals surface area (Å²) in [6.07, 6.45) is 0. The van der Waals surface area contributed by atoms with Crippen LogP contribution in [0.4, 0.5) is 17.1 Å². The first-order valence-electron chi connectivity index (χ1n) is 12.2. The number of amides is 3. The number of hydrogen-bond donors (Lipinski definition) is 2. The van der Waals surface area contributed by atoms with E-state index in [0.717, 1.165) is 16.0 Å². The molecule has 39 heavy (non-hydrogen) atoms. The molecule has 0 radical (unpaired) electrons. The summed E-state index contributed by atoms with van der Waals surface area (Å²) in [5, 5.41) is 5.56. The molecule has 4 aromatic carbocycles. The quantitative estimate of drug-likeness (QED) is 0.254.